The molecule has 126 valence electrons. The van der Waals surface area contributed by atoms with Crippen molar-refractivity contribution in [2.75, 3.05) is 4.72 Å². The van der Waals surface area contributed by atoms with Crippen LogP contribution in [0.25, 0.3) is 0 Å². The van der Waals surface area contributed by atoms with Gasteiger partial charge in [-0.2, -0.15) is 0 Å². The number of aryl methyl sites for hydroxylation is 2. The maximum absolute atomic E-state index is 13.4. The molecule has 0 fully saturated rings. The van der Waals surface area contributed by atoms with Gasteiger partial charge in [-0.1, -0.05) is 6.07 Å². The Morgan fingerprint density at radius 2 is 1.71 bits per heavy atom. The Kier molecular flexibility index (Phi) is 4.00. The van der Waals surface area contributed by atoms with E-state index >= 15 is 0 Å². The zero-order valence-corrected chi connectivity index (χ0v) is 13.2. The van der Waals surface area contributed by atoms with Crippen LogP contribution in [-0.2, 0) is 22.9 Å². The van der Waals surface area contributed by atoms with Gasteiger partial charge < -0.3 is 5.11 Å². The Labute approximate surface area is 137 Å². The Hall–Kier alpha value is -2.48. The third-order valence-corrected chi connectivity index (χ3v) is 5.28. The quantitative estimate of drug-likeness (QED) is 0.885. The van der Waals surface area contributed by atoms with Crippen molar-refractivity contribution in [1.29, 1.82) is 0 Å². The zero-order valence-electron chi connectivity index (χ0n) is 12.3. The first kappa shape index (κ1) is 16.4. The second kappa shape index (κ2) is 5.86. The molecular formula is C16H13F2NO4S. The number of carbonyl (C=O) groups is 1. The first-order valence-corrected chi connectivity index (χ1v) is 8.63. The molecule has 2 aromatic rings. The Morgan fingerprint density at radius 3 is 2.42 bits per heavy atom. The van der Waals surface area contributed by atoms with E-state index in [0.29, 0.717) is 12.1 Å². The lowest BCUT2D eigenvalue weighted by atomic mass is 10.1. The molecule has 0 spiro atoms. The van der Waals surface area contributed by atoms with Crippen LogP contribution >= 0.6 is 0 Å². The van der Waals surface area contributed by atoms with Crippen LogP contribution in [0.1, 0.15) is 27.9 Å². The van der Waals surface area contributed by atoms with Crippen LogP contribution in [0, 0.1) is 11.6 Å². The van der Waals surface area contributed by atoms with E-state index in [1.165, 1.54) is 12.1 Å². The van der Waals surface area contributed by atoms with E-state index in [-0.39, 0.29) is 4.90 Å². The van der Waals surface area contributed by atoms with Crippen LogP contribution < -0.4 is 4.72 Å². The first-order valence-electron chi connectivity index (χ1n) is 7.15. The summed E-state index contributed by atoms with van der Waals surface area (Å²) in [5, 5.41) is 9.05. The minimum Gasteiger partial charge on any atom is -0.478 e. The molecule has 0 heterocycles. The van der Waals surface area contributed by atoms with E-state index in [1.54, 1.807) is 6.07 Å². The van der Waals surface area contributed by atoms with E-state index in [0.717, 1.165) is 30.4 Å². The minimum atomic E-state index is -4.12. The highest BCUT2D eigenvalue weighted by molar-refractivity contribution is 7.92. The van der Waals surface area contributed by atoms with Crippen molar-refractivity contribution >= 4 is 21.7 Å². The standard InChI is InChI=1S/C16H13F2NO4S/c17-13-7-12(16(20)21)15(8-14(13)18)19-24(22,23)11-5-4-9-2-1-3-10(9)6-11/h4-8,19H,1-3H2,(H,20,21). The van der Waals surface area contributed by atoms with E-state index in [9.17, 15) is 22.0 Å². The van der Waals surface area contributed by atoms with Crippen LogP contribution in [0.15, 0.2) is 35.2 Å². The third kappa shape index (κ3) is 2.96. The average Bonchev–Trinajstić information content (AvgIpc) is 2.97. The number of aromatic carboxylic acids is 1. The number of carboxylic acid groups (broad SMARTS) is 1. The van der Waals surface area contributed by atoms with E-state index in [4.69, 9.17) is 5.11 Å². The number of benzene rings is 2. The number of halogens is 2. The molecule has 0 saturated carbocycles. The molecule has 0 atom stereocenters. The highest BCUT2D eigenvalue weighted by Gasteiger charge is 2.22. The van der Waals surface area contributed by atoms with Gasteiger partial charge in [0, 0.05) is 6.07 Å². The molecule has 1 aliphatic carbocycles. The summed E-state index contributed by atoms with van der Waals surface area (Å²) >= 11 is 0. The molecule has 0 bridgehead atoms. The second-order valence-electron chi connectivity index (χ2n) is 5.51. The molecular weight excluding hydrogens is 340 g/mol. The van der Waals surface area contributed by atoms with Crippen molar-refractivity contribution in [3.63, 3.8) is 0 Å². The Bertz CT molecular complexity index is 941. The Balaban J connectivity index is 2.01. The van der Waals surface area contributed by atoms with Gasteiger partial charge in [0.05, 0.1) is 16.1 Å². The van der Waals surface area contributed by atoms with Crippen LogP contribution in [0.3, 0.4) is 0 Å². The molecule has 3 rings (SSSR count). The predicted molar refractivity (Wildman–Crippen MR) is 82.6 cm³/mol. The maximum Gasteiger partial charge on any atom is 0.337 e. The largest absolute Gasteiger partial charge is 0.478 e. The van der Waals surface area contributed by atoms with Crippen LogP contribution in [-0.4, -0.2) is 19.5 Å². The van der Waals surface area contributed by atoms with Gasteiger partial charge >= 0.3 is 5.97 Å². The molecule has 24 heavy (non-hydrogen) atoms. The summed E-state index contributed by atoms with van der Waals surface area (Å²) in [7, 11) is -4.12. The number of carboxylic acids is 1. The fourth-order valence-electron chi connectivity index (χ4n) is 2.73. The number of anilines is 1. The lowest BCUT2D eigenvalue weighted by Crippen LogP contribution is -2.16. The van der Waals surface area contributed by atoms with Crippen molar-refractivity contribution in [3.8, 4) is 0 Å². The molecule has 0 amide bonds. The van der Waals surface area contributed by atoms with Gasteiger partial charge in [-0.05, 0) is 48.6 Å². The summed E-state index contributed by atoms with van der Waals surface area (Å²) in [5.41, 5.74) is 0.801. The number of hydrogen-bond acceptors (Lipinski definition) is 3. The number of fused-ring (bicyclic) bond motifs is 1. The van der Waals surface area contributed by atoms with Gasteiger partial charge in [0.1, 0.15) is 0 Å². The minimum absolute atomic E-state index is 0.0516. The van der Waals surface area contributed by atoms with Crippen molar-refractivity contribution in [3.05, 3.63) is 58.7 Å². The summed E-state index contributed by atoms with van der Waals surface area (Å²) in [5.74, 6) is -4.28. The lowest BCUT2D eigenvalue weighted by molar-refractivity contribution is 0.0697. The van der Waals surface area contributed by atoms with E-state index in [1.807, 2.05) is 4.72 Å². The Morgan fingerprint density at radius 1 is 1.04 bits per heavy atom. The molecule has 5 nitrogen and oxygen atoms in total. The average molecular weight is 353 g/mol. The van der Waals surface area contributed by atoms with Gasteiger partial charge in [-0.15, -0.1) is 0 Å². The summed E-state index contributed by atoms with van der Waals surface area (Å²) in [6.07, 6.45) is 2.60. The highest BCUT2D eigenvalue weighted by Crippen LogP contribution is 2.27. The van der Waals surface area contributed by atoms with Crippen LogP contribution in [0.5, 0.6) is 0 Å². The molecule has 0 saturated heterocycles. The van der Waals surface area contributed by atoms with Crippen molar-refractivity contribution in [1.82, 2.24) is 0 Å². The smallest absolute Gasteiger partial charge is 0.337 e. The van der Waals surface area contributed by atoms with Gasteiger partial charge in [0.25, 0.3) is 10.0 Å². The van der Waals surface area contributed by atoms with Crippen molar-refractivity contribution in [2.24, 2.45) is 0 Å². The highest BCUT2D eigenvalue weighted by atomic mass is 32.2. The van der Waals surface area contributed by atoms with E-state index in [2.05, 4.69) is 0 Å². The van der Waals surface area contributed by atoms with Gasteiger partial charge in [0.15, 0.2) is 11.6 Å². The summed E-state index contributed by atoms with van der Waals surface area (Å²) < 4.78 is 53.5. The number of sulfonamides is 1. The van der Waals surface area contributed by atoms with Crippen molar-refractivity contribution in [2.45, 2.75) is 24.2 Å². The number of nitrogens with one attached hydrogen (secondary N) is 1. The maximum atomic E-state index is 13.4. The first-order chi connectivity index (χ1) is 11.3. The molecule has 0 aliphatic heterocycles. The lowest BCUT2D eigenvalue weighted by Gasteiger charge is -2.12. The molecule has 1 aliphatic rings. The predicted octanol–water partition coefficient (Wildman–Crippen LogP) is 2.95. The fraction of sp³-hybridized carbons (Fsp3) is 0.188. The topological polar surface area (TPSA) is 83.5 Å². The number of rotatable bonds is 4. The fourth-order valence-corrected chi connectivity index (χ4v) is 3.85. The van der Waals surface area contributed by atoms with Crippen LogP contribution in [0.4, 0.5) is 14.5 Å². The normalized spacial score (nSPS) is 13.6. The molecule has 0 aromatic heterocycles. The molecule has 2 N–H and O–H groups in total. The van der Waals surface area contributed by atoms with Gasteiger partial charge in [-0.3, -0.25) is 4.72 Å². The molecule has 8 heteroatoms. The second-order valence-corrected chi connectivity index (χ2v) is 7.19. The van der Waals surface area contributed by atoms with Crippen molar-refractivity contribution < 1.29 is 27.1 Å². The SMILES string of the molecule is O=C(O)c1cc(F)c(F)cc1NS(=O)(=O)c1ccc2c(c1)CCC2. The summed E-state index contributed by atoms with van der Waals surface area (Å²) in [4.78, 5) is 11.1. The monoisotopic (exact) mass is 353 g/mol. The summed E-state index contributed by atoms with van der Waals surface area (Å²) in [6.45, 7) is 0. The van der Waals surface area contributed by atoms with Gasteiger partial charge in [-0.25, -0.2) is 22.0 Å². The summed E-state index contributed by atoms with van der Waals surface area (Å²) in [6, 6.07) is 5.60. The zero-order chi connectivity index (χ0) is 17.5. The molecule has 0 unspecified atom stereocenters. The van der Waals surface area contributed by atoms with Crippen LogP contribution in [0.2, 0.25) is 0 Å². The number of hydrogen-bond donors (Lipinski definition) is 2. The molecule has 0 radical (unpaired) electrons. The third-order valence-electron chi connectivity index (χ3n) is 3.92. The van der Waals surface area contributed by atoms with E-state index < -0.39 is 38.9 Å². The molecule has 2 aromatic carbocycles. The van der Waals surface area contributed by atoms with Gasteiger partial charge in [0.2, 0.25) is 0 Å².